The Bertz CT molecular complexity index is 2160. The molecule has 0 spiro atoms. The first-order valence-electron chi connectivity index (χ1n) is 16.7. The number of nitrogens with zero attached hydrogens (tertiary/aromatic N) is 4. The second kappa shape index (κ2) is 17.5. The second-order valence-electron chi connectivity index (χ2n) is 12.0. The van der Waals surface area contributed by atoms with Crippen LogP contribution in [0.15, 0.2) is 72.8 Å². The minimum absolute atomic E-state index is 0.0670. The van der Waals surface area contributed by atoms with E-state index in [1.165, 1.54) is 30.3 Å². The van der Waals surface area contributed by atoms with E-state index >= 15 is 8.78 Å². The highest BCUT2D eigenvalue weighted by Gasteiger charge is 2.35. The van der Waals surface area contributed by atoms with Gasteiger partial charge in [-0.15, -0.1) is 0 Å². The SMILES string of the molecule is N#Cc1ccc(OC(F)F)c(NC(=O)N(c2ccc(C3CNCCO3)cc2Cl)N(C(=O)Nc2ccc(C3CNCCO3)cc2F)c2cc(C#N)ccc2F)c1. The van der Waals surface area contributed by atoms with E-state index in [0.717, 1.165) is 36.4 Å². The summed E-state index contributed by atoms with van der Waals surface area (Å²) in [5.74, 6) is -2.56. The monoisotopic (exact) mass is 778 g/mol. The third-order valence-corrected chi connectivity index (χ3v) is 8.79. The largest absolute Gasteiger partial charge is 0.433 e. The number of nitriles is 2. The molecule has 0 saturated carbocycles. The van der Waals surface area contributed by atoms with Crippen LogP contribution in [0.1, 0.15) is 34.5 Å². The molecule has 18 heteroatoms. The van der Waals surface area contributed by atoms with Gasteiger partial charge in [0, 0.05) is 26.2 Å². The maximum Gasteiger partial charge on any atom is 0.387 e. The highest BCUT2D eigenvalue weighted by molar-refractivity contribution is 6.34. The van der Waals surface area contributed by atoms with Crippen LogP contribution in [-0.2, 0) is 9.47 Å². The number of urea groups is 2. The average Bonchev–Trinajstić information content (AvgIpc) is 3.19. The third kappa shape index (κ3) is 9.06. The molecule has 2 unspecified atom stereocenters. The molecule has 2 fully saturated rings. The quantitative estimate of drug-likeness (QED) is 0.109. The molecule has 2 atom stereocenters. The van der Waals surface area contributed by atoms with Gasteiger partial charge < -0.3 is 35.5 Å². The molecule has 0 radical (unpaired) electrons. The first-order chi connectivity index (χ1) is 26.6. The molecule has 4 aromatic rings. The van der Waals surface area contributed by atoms with E-state index in [-0.39, 0.29) is 27.5 Å². The lowest BCUT2D eigenvalue weighted by Crippen LogP contribution is -2.54. The Balaban J connectivity index is 1.47. The Labute approximate surface area is 316 Å². The number of amides is 4. The summed E-state index contributed by atoms with van der Waals surface area (Å²) < 4.78 is 74.4. The van der Waals surface area contributed by atoms with Crippen LogP contribution in [0.2, 0.25) is 5.02 Å². The van der Waals surface area contributed by atoms with Crippen LogP contribution in [0.4, 0.5) is 49.9 Å². The van der Waals surface area contributed by atoms with Gasteiger partial charge in [-0.1, -0.05) is 23.7 Å². The Morgan fingerprint density at radius 3 is 1.93 bits per heavy atom. The van der Waals surface area contributed by atoms with Crippen molar-refractivity contribution < 1.29 is 41.4 Å². The fraction of sp³-hybridized carbons (Fsp3) is 0.243. The first kappa shape index (κ1) is 38.8. The molecule has 2 saturated heterocycles. The lowest BCUT2D eigenvalue weighted by Gasteiger charge is -2.35. The van der Waals surface area contributed by atoms with Crippen LogP contribution in [-0.4, -0.2) is 58.1 Å². The fourth-order valence-electron chi connectivity index (χ4n) is 5.88. The molecule has 4 amide bonds. The van der Waals surface area contributed by atoms with Crippen molar-refractivity contribution in [3.8, 4) is 17.9 Å². The lowest BCUT2D eigenvalue weighted by atomic mass is 10.1. The van der Waals surface area contributed by atoms with E-state index in [4.69, 9.17) is 21.1 Å². The number of morpholine rings is 2. The summed E-state index contributed by atoms with van der Waals surface area (Å²) >= 11 is 6.80. The Kier molecular flexibility index (Phi) is 12.3. The van der Waals surface area contributed by atoms with Crippen LogP contribution in [0.5, 0.6) is 5.75 Å². The molecule has 4 aromatic carbocycles. The number of hydrazine groups is 1. The van der Waals surface area contributed by atoms with Gasteiger partial charge in [0.05, 0.1) is 70.8 Å². The summed E-state index contributed by atoms with van der Waals surface area (Å²) in [6.07, 6.45) is -0.917. The van der Waals surface area contributed by atoms with Crippen LogP contribution in [0.25, 0.3) is 0 Å². The number of hydrogen-bond donors (Lipinski definition) is 4. The van der Waals surface area contributed by atoms with E-state index in [1.54, 1.807) is 6.07 Å². The molecule has 2 aliphatic heterocycles. The van der Waals surface area contributed by atoms with Gasteiger partial charge in [0.25, 0.3) is 0 Å². The van der Waals surface area contributed by atoms with Crippen LogP contribution in [0, 0.1) is 34.3 Å². The molecule has 4 N–H and O–H groups in total. The van der Waals surface area contributed by atoms with Crippen molar-refractivity contribution >= 4 is 46.4 Å². The smallest absolute Gasteiger partial charge is 0.387 e. The van der Waals surface area contributed by atoms with Crippen molar-refractivity contribution in [2.45, 2.75) is 18.8 Å². The van der Waals surface area contributed by atoms with Crippen molar-refractivity contribution in [2.24, 2.45) is 0 Å². The molecule has 0 bridgehead atoms. The number of nitrogens with one attached hydrogen (secondary N) is 4. The van der Waals surface area contributed by atoms with E-state index in [9.17, 15) is 28.9 Å². The molecule has 13 nitrogen and oxygen atoms in total. The Morgan fingerprint density at radius 2 is 1.35 bits per heavy atom. The number of benzene rings is 4. The van der Waals surface area contributed by atoms with Gasteiger partial charge in [-0.25, -0.2) is 18.4 Å². The van der Waals surface area contributed by atoms with Crippen molar-refractivity contribution in [3.05, 3.63) is 112 Å². The molecule has 284 valence electrons. The Morgan fingerprint density at radius 1 is 0.764 bits per heavy atom. The maximum absolute atomic E-state index is 15.9. The topological polar surface area (TPSA) is 164 Å². The lowest BCUT2D eigenvalue weighted by molar-refractivity contribution is -0.0493. The highest BCUT2D eigenvalue weighted by atomic mass is 35.5. The summed E-state index contributed by atoms with van der Waals surface area (Å²) in [4.78, 5) is 28.9. The number of carbonyl (C=O) groups is 2. The predicted molar refractivity (Wildman–Crippen MR) is 193 cm³/mol. The van der Waals surface area contributed by atoms with Gasteiger partial charge in [0.15, 0.2) is 0 Å². The van der Waals surface area contributed by atoms with E-state index in [1.807, 2.05) is 12.1 Å². The molecule has 2 aliphatic rings. The van der Waals surface area contributed by atoms with Crippen molar-refractivity contribution in [1.29, 1.82) is 10.5 Å². The van der Waals surface area contributed by atoms with E-state index in [0.29, 0.717) is 60.5 Å². The number of anilines is 4. The van der Waals surface area contributed by atoms with Gasteiger partial charge >= 0.3 is 18.7 Å². The number of carbonyl (C=O) groups excluding carboxylic acids is 2. The summed E-state index contributed by atoms with van der Waals surface area (Å²) in [5.41, 5.74) is -0.892. The fourth-order valence-corrected chi connectivity index (χ4v) is 6.15. The highest BCUT2D eigenvalue weighted by Crippen LogP contribution is 2.37. The zero-order valence-corrected chi connectivity index (χ0v) is 29.4. The minimum Gasteiger partial charge on any atom is -0.433 e. The van der Waals surface area contributed by atoms with Gasteiger partial charge in [-0.2, -0.15) is 29.3 Å². The number of hydrogen-bond acceptors (Lipinski definition) is 9. The molecule has 0 aliphatic carbocycles. The zero-order valence-electron chi connectivity index (χ0n) is 28.6. The van der Waals surface area contributed by atoms with Crippen molar-refractivity contribution in [2.75, 3.05) is 60.0 Å². The molecular weight excluding hydrogens is 748 g/mol. The maximum atomic E-state index is 15.9. The average molecular weight is 779 g/mol. The van der Waals surface area contributed by atoms with Gasteiger partial charge in [-0.3, -0.25) is 0 Å². The standard InChI is InChI=1S/C37H31ClF4N8O5/c38-25-15-23(33-19-45-9-11-53-33)4-7-30(25)49(37(52)48-29-13-21(17-43)2-8-32(29)55-35(41)42)50(31-14-22(18-44)1-5-26(31)39)36(51)47-28-6-3-24(16-27(28)40)34-20-46-10-12-54-34/h1-8,13-16,33-35,45-46H,9-12,19-20H2,(H,47,51)(H,48,52). The van der Waals surface area contributed by atoms with Crippen molar-refractivity contribution in [1.82, 2.24) is 10.6 Å². The van der Waals surface area contributed by atoms with Crippen LogP contribution in [0.3, 0.4) is 0 Å². The van der Waals surface area contributed by atoms with E-state index in [2.05, 4.69) is 26.0 Å². The number of ether oxygens (including phenoxy) is 3. The van der Waals surface area contributed by atoms with Gasteiger partial charge in [0.2, 0.25) is 0 Å². The van der Waals surface area contributed by atoms with Crippen LogP contribution < -0.4 is 36.0 Å². The minimum atomic E-state index is -3.34. The number of rotatable bonds is 8. The number of halogens is 5. The number of alkyl halides is 2. The Hall–Kier alpha value is -5.95. The zero-order chi connectivity index (χ0) is 39.1. The third-order valence-electron chi connectivity index (χ3n) is 8.49. The van der Waals surface area contributed by atoms with E-state index < -0.39 is 59.6 Å². The molecule has 6 rings (SSSR count). The molecular formula is C37H31ClF4N8O5. The molecule has 55 heavy (non-hydrogen) atoms. The van der Waals surface area contributed by atoms with Crippen LogP contribution >= 0.6 is 11.6 Å². The van der Waals surface area contributed by atoms with Crippen molar-refractivity contribution in [3.63, 3.8) is 0 Å². The summed E-state index contributed by atoms with van der Waals surface area (Å²) in [7, 11) is 0. The van der Waals surface area contributed by atoms with Gasteiger partial charge in [0.1, 0.15) is 23.1 Å². The normalized spacial score (nSPS) is 16.7. The predicted octanol–water partition coefficient (Wildman–Crippen LogP) is 6.98. The summed E-state index contributed by atoms with van der Waals surface area (Å²) in [6, 6.07) is 15.5. The van der Waals surface area contributed by atoms with Gasteiger partial charge in [-0.05, 0) is 71.8 Å². The molecule has 2 heterocycles. The first-order valence-corrected chi connectivity index (χ1v) is 17.1. The summed E-state index contributed by atoms with van der Waals surface area (Å²) in [6.45, 7) is -0.459. The molecule has 0 aromatic heterocycles. The summed E-state index contributed by atoms with van der Waals surface area (Å²) in [5, 5.41) is 31.1. The second-order valence-corrected chi connectivity index (χ2v) is 12.4.